The molecule has 2 nitrogen and oxygen atoms in total. The van der Waals surface area contributed by atoms with Crippen LogP contribution in [0.3, 0.4) is 0 Å². The zero-order valence-corrected chi connectivity index (χ0v) is 12.6. The molecule has 0 fully saturated rings. The monoisotopic (exact) mass is 311 g/mol. The van der Waals surface area contributed by atoms with Gasteiger partial charge < -0.3 is 5.32 Å². The topological polar surface area (TPSA) is 29.1 Å². The molecular formula is C15H22BrNO. The van der Waals surface area contributed by atoms with Crippen LogP contribution < -0.4 is 5.32 Å². The fourth-order valence-electron chi connectivity index (χ4n) is 1.87. The molecule has 1 aromatic rings. The Morgan fingerprint density at radius 1 is 1.06 bits per heavy atom. The predicted octanol–water partition coefficient (Wildman–Crippen LogP) is 3.47. The highest BCUT2D eigenvalue weighted by atomic mass is 79.9. The molecule has 0 bridgehead atoms. The Kier molecular flexibility index (Phi) is 7.74. The molecule has 0 heterocycles. The van der Waals surface area contributed by atoms with Gasteiger partial charge in [0.1, 0.15) is 0 Å². The van der Waals surface area contributed by atoms with Crippen LogP contribution in [0.5, 0.6) is 0 Å². The summed E-state index contributed by atoms with van der Waals surface area (Å²) in [5.41, 5.74) is 2.73. The lowest BCUT2D eigenvalue weighted by Crippen LogP contribution is -2.17. The molecule has 100 valence electrons. The quantitative estimate of drug-likeness (QED) is 0.578. The molecular weight excluding hydrogens is 290 g/mol. The van der Waals surface area contributed by atoms with Crippen LogP contribution in [0.2, 0.25) is 0 Å². The second-order valence-corrected chi connectivity index (χ2v) is 5.28. The summed E-state index contributed by atoms with van der Waals surface area (Å²) < 4.78 is 0. The van der Waals surface area contributed by atoms with Gasteiger partial charge in [-0.3, -0.25) is 4.79 Å². The number of unbranched alkanes of at least 4 members (excludes halogenated alkanes) is 1. The maximum absolute atomic E-state index is 11.1. The van der Waals surface area contributed by atoms with Crippen molar-refractivity contribution in [3.63, 3.8) is 0 Å². The molecule has 3 heteroatoms. The lowest BCUT2D eigenvalue weighted by molar-refractivity contribution is -0.120. The molecule has 0 aliphatic heterocycles. The van der Waals surface area contributed by atoms with Crippen LogP contribution in [0, 0.1) is 0 Å². The molecule has 0 saturated carbocycles. The van der Waals surface area contributed by atoms with E-state index in [4.69, 9.17) is 0 Å². The maximum atomic E-state index is 11.1. The lowest BCUT2D eigenvalue weighted by Gasteiger charge is -2.04. The lowest BCUT2D eigenvalue weighted by atomic mass is 10.0. The molecule has 0 saturated heterocycles. The normalized spacial score (nSPS) is 10.3. The number of carbonyl (C=O) groups is 1. The summed E-state index contributed by atoms with van der Waals surface area (Å²) in [5.74, 6) is 0.126. The Bertz CT molecular complexity index is 348. The van der Waals surface area contributed by atoms with E-state index in [-0.39, 0.29) is 5.91 Å². The van der Waals surface area contributed by atoms with E-state index in [0.29, 0.717) is 6.42 Å². The molecule has 0 radical (unpaired) electrons. The first-order chi connectivity index (χ1) is 8.76. The van der Waals surface area contributed by atoms with Crippen molar-refractivity contribution in [1.29, 1.82) is 0 Å². The molecule has 0 spiro atoms. The number of nitrogens with one attached hydrogen (secondary N) is 1. The number of hydrogen-bond donors (Lipinski definition) is 1. The Morgan fingerprint density at radius 3 is 2.11 bits per heavy atom. The fraction of sp³-hybridized carbons (Fsp3) is 0.533. The molecule has 18 heavy (non-hydrogen) atoms. The zero-order valence-electron chi connectivity index (χ0n) is 11.0. The average molecular weight is 312 g/mol. The second-order valence-electron chi connectivity index (χ2n) is 4.49. The molecule has 1 amide bonds. The Balaban J connectivity index is 2.29. The van der Waals surface area contributed by atoms with Crippen molar-refractivity contribution in [3.05, 3.63) is 35.4 Å². The number of alkyl halides is 1. The third kappa shape index (κ3) is 6.20. The van der Waals surface area contributed by atoms with Gasteiger partial charge in [-0.1, -0.05) is 40.2 Å². The van der Waals surface area contributed by atoms with Crippen LogP contribution in [-0.4, -0.2) is 18.3 Å². The summed E-state index contributed by atoms with van der Waals surface area (Å²) in [7, 11) is 1.68. The van der Waals surface area contributed by atoms with E-state index in [1.165, 1.54) is 24.0 Å². The van der Waals surface area contributed by atoms with E-state index in [0.717, 1.165) is 24.6 Å². The van der Waals surface area contributed by atoms with Gasteiger partial charge >= 0.3 is 0 Å². The van der Waals surface area contributed by atoms with Crippen molar-refractivity contribution < 1.29 is 4.79 Å². The minimum atomic E-state index is 0.126. The third-order valence-electron chi connectivity index (χ3n) is 3.02. The van der Waals surface area contributed by atoms with Crippen molar-refractivity contribution >= 4 is 21.8 Å². The van der Waals surface area contributed by atoms with Crippen LogP contribution in [0.25, 0.3) is 0 Å². The molecule has 0 unspecified atom stereocenters. The van der Waals surface area contributed by atoms with Gasteiger partial charge in [0.15, 0.2) is 0 Å². The molecule has 1 rings (SSSR count). The van der Waals surface area contributed by atoms with E-state index in [2.05, 4.69) is 45.5 Å². The maximum Gasteiger partial charge on any atom is 0.219 e. The number of benzene rings is 1. The van der Waals surface area contributed by atoms with Crippen LogP contribution >= 0.6 is 15.9 Å². The van der Waals surface area contributed by atoms with Gasteiger partial charge in [-0.05, 0) is 43.2 Å². The van der Waals surface area contributed by atoms with E-state index in [1.807, 2.05) is 0 Å². The molecule has 1 N–H and O–H groups in total. The van der Waals surface area contributed by atoms with E-state index >= 15 is 0 Å². The Morgan fingerprint density at radius 2 is 1.61 bits per heavy atom. The highest BCUT2D eigenvalue weighted by molar-refractivity contribution is 9.09. The first-order valence-electron chi connectivity index (χ1n) is 6.60. The summed E-state index contributed by atoms with van der Waals surface area (Å²) >= 11 is 3.45. The highest BCUT2D eigenvalue weighted by Crippen LogP contribution is 2.10. The van der Waals surface area contributed by atoms with Crippen LogP contribution in [0.4, 0.5) is 0 Å². The van der Waals surface area contributed by atoms with Crippen LogP contribution in [0.1, 0.15) is 36.8 Å². The van der Waals surface area contributed by atoms with Crippen molar-refractivity contribution in [2.75, 3.05) is 12.4 Å². The SMILES string of the molecule is CNC(=O)CCCc1ccc(CCCCBr)cc1. The number of halogens is 1. The third-order valence-corrected chi connectivity index (χ3v) is 3.58. The Hall–Kier alpha value is -0.830. The standard InChI is InChI=1S/C15H22BrNO/c1-17-15(18)7-4-6-14-10-8-13(9-11-14)5-2-3-12-16/h8-11H,2-7,12H2,1H3,(H,17,18). The molecule has 1 aromatic carbocycles. The number of carbonyl (C=O) groups excluding carboxylic acids is 1. The number of hydrogen-bond acceptors (Lipinski definition) is 1. The largest absolute Gasteiger partial charge is 0.359 e. The number of rotatable bonds is 8. The fourth-order valence-corrected chi connectivity index (χ4v) is 2.27. The van der Waals surface area contributed by atoms with Gasteiger partial charge in [0, 0.05) is 18.8 Å². The molecule has 0 aromatic heterocycles. The summed E-state index contributed by atoms with van der Waals surface area (Å²) in [5, 5.41) is 3.73. The molecule has 0 aliphatic rings. The van der Waals surface area contributed by atoms with Crippen LogP contribution in [0.15, 0.2) is 24.3 Å². The average Bonchev–Trinajstić information content (AvgIpc) is 2.40. The van der Waals surface area contributed by atoms with Gasteiger partial charge in [-0.15, -0.1) is 0 Å². The smallest absolute Gasteiger partial charge is 0.219 e. The summed E-state index contributed by atoms with van der Waals surface area (Å²) in [6, 6.07) is 8.80. The highest BCUT2D eigenvalue weighted by Gasteiger charge is 1.99. The summed E-state index contributed by atoms with van der Waals surface area (Å²) in [4.78, 5) is 11.1. The minimum absolute atomic E-state index is 0.126. The van der Waals surface area contributed by atoms with Gasteiger partial charge in [0.25, 0.3) is 0 Å². The first kappa shape index (κ1) is 15.2. The van der Waals surface area contributed by atoms with Gasteiger partial charge in [-0.25, -0.2) is 0 Å². The number of amides is 1. The van der Waals surface area contributed by atoms with Crippen molar-refractivity contribution in [1.82, 2.24) is 5.32 Å². The Labute approximate surface area is 118 Å². The van der Waals surface area contributed by atoms with Crippen LogP contribution in [-0.2, 0) is 17.6 Å². The molecule has 0 aliphatic carbocycles. The van der Waals surface area contributed by atoms with Crippen molar-refractivity contribution in [2.24, 2.45) is 0 Å². The van der Waals surface area contributed by atoms with E-state index in [1.54, 1.807) is 7.05 Å². The number of aryl methyl sites for hydroxylation is 2. The summed E-state index contributed by atoms with van der Waals surface area (Å²) in [6.45, 7) is 0. The molecule has 0 atom stereocenters. The van der Waals surface area contributed by atoms with Crippen molar-refractivity contribution in [2.45, 2.75) is 38.5 Å². The van der Waals surface area contributed by atoms with Crippen molar-refractivity contribution in [3.8, 4) is 0 Å². The minimum Gasteiger partial charge on any atom is -0.359 e. The van der Waals surface area contributed by atoms with E-state index in [9.17, 15) is 4.79 Å². The second kappa shape index (κ2) is 9.15. The zero-order chi connectivity index (χ0) is 13.2. The summed E-state index contributed by atoms with van der Waals surface area (Å²) in [6.07, 6.45) is 6.14. The van der Waals surface area contributed by atoms with Gasteiger partial charge in [-0.2, -0.15) is 0 Å². The van der Waals surface area contributed by atoms with Gasteiger partial charge in [0.2, 0.25) is 5.91 Å². The van der Waals surface area contributed by atoms with E-state index < -0.39 is 0 Å². The predicted molar refractivity (Wildman–Crippen MR) is 80.2 cm³/mol. The first-order valence-corrected chi connectivity index (χ1v) is 7.72. The van der Waals surface area contributed by atoms with Gasteiger partial charge in [0.05, 0.1) is 0 Å².